The van der Waals surface area contributed by atoms with Gasteiger partial charge in [-0.25, -0.2) is 0 Å². The average molecular weight is 374 g/mol. The minimum absolute atomic E-state index is 0.290. The fraction of sp³-hybridized carbons (Fsp3) is 0.619. The molecule has 1 heterocycles. The molecule has 0 atom stereocenters. The summed E-state index contributed by atoms with van der Waals surface area (Å²) in [4.78, 5) is 15.3. The van der Waals surface area contributed by atoms with E-state index in [1.807, 2.05) is 0 Å². The summed E-state index contributed by atoms with van der Waals surface area (Å²) >= 11 is 7.11. The number of carbonyl (C=O) groups is 1. The lowest BCUT2D eigenvalue weighted by Gasteiger charge is -2.27. The number of thiocarbonyl (C=S) groups is 1. The number of thioether (sulfide) groups is 1. The van der Waals surface area contributed by atoms with Crippen molar-refractivity contribution in [1.82, 2.24) is 4.90 Å². The van der Waals surface area contributed by atoms with Gasteiger partial charge in [0.2, 0.25) is 0 Å². The Labute approximate surface area is 160 Å². The first-order valence-electron chi connectivity index (χ1n) is 9.85. The van der Waals surface area contributed by atoms with E-state index >= 15 is 0 Å². The zero-order valence-electron chi connectivity index (χ0n) is 14.9. The zero-order valence-corrected chi connectivity index (χ0v) is 16.6. The SMILES string of the molecule is O=C(CSC(=S)N1CCCC1)c1cc2c(c3c1CCCC3)CCCC2. The summed E-state index contributed by atoms with van der Waals surface area (Å²) in [5, 5.41) is 0. The largest absolute Gasteiger partial charge is 0.358 e. The van der Waals surface area contributed by atoms with Gasteiger partial charge in [0.05, 0.1) is 5.75 Å². The number of rotatable bonds is 3. The fourth-order valence-electron chi connectivity index (χ4n) is 4.67. The Kier molecular flexibility index (Phi) is 5.47. The van der Waals surface area contributed by atoms with Crippen molar-refractivity contribution in [2.24, 2.45) is 0 Å². The van der Waals surface area contributed by atoms with Crippen LogP contribution in [0, 0.1) is 0 Å². The van der Waals surface area contributed by atoms with Crippen LogP contribution >= 0.6 is 24.0 Å². The number of aryl methyl sites for hydroxylation is 1. The Balaban J connectivity index is 1.54. The molecule has 4 heteroatoms. The predicted octanol–water partition coefficient (Wildman–Crippen LogP) is 4.74. The lowest BCUT2D eigenvalue weighted by Crippen LogP contribution is -2.24. The molecule has 4 rings (SSSR count). The van der Waals surface area contributed by atoms with Gasteiger partial charge < -0.3 is 4.90 Å². The number of likely N-dealkylation sites (tertiary alicyclic amines) is 1. The summed E-state index contributed by atoms with van der Waals surface area (Å²) in [5.41, 5.74) is 7.00. The third kappa shape index (κ3) is 3.66. The Morgan fingerprint density at radius 1 is 0.920 bits per heavy atom. The second-order valence-corrected chi connectivity index (χ2v) is 9.21. The first kappa shape index (κ1) is 17.5. The van der Waals surface area contributed by atoms with Crippen LogP contribution in [0.5, 0.6) is 0 Å². The molecule has 1 aromatic carbocycles. The van der Waals surface area contributed by atoms with E-state index in [1.165, 1.54) is 62.5 Å². The minimum atomic E-state index is 0.290. The maximum atomic E-state index is 13.0. The van der Waals surface area contributed by atoms with Crippen LogP contribution in [0.4, 0.5) is 0 Å². The Bertz CT molecular complexity index is 692. The van der Waals surface area contributed by atoms with Crippen LogP contribution in [0.15, 0.2) is 6.07 Å². The van der Waals surface area contributed by atoms with E-state index in [4.69, 9.17) is 12.2 Å². The van der Waals surface area contributed by atoms with Gasteiger partial charge in [-0.3, -0.25) is 4.79 Å². The fourth-order valence-corrected chi connectivity index (χ4v) is 5.81. The molecule has 134 valence electrons. The summed E-state index contributed by atoms with van der Waals surface area (Å²) in [7, 11) is 0. The number of ketones is 1. The van der Waals surface area contributed by atoms with Crippen molar-refractivity contribution >= 4 is 34.1 Å². The van der Waals surface area contributed by atoms with Crippen molar-refractivity contribution in [3.63, 3.8) is 0 Å². The molecule has 0 aromatic heterocycles. The number of hydrogen-bond acceptors (Lipinski definition) is 3. The molecule has 0 N–H and O–H groups in total. The molecule has 0 amide bonds. The van der Waals surface area contributed by atoms with E-state index in [-0.39, 0.29) is 5.78 Å². The quantitative estimate of drug-likeness (QED) is 0.563. The molecule has 0 saturated carbocycles. The number of Topliss-reactive ketones (excluding diaryl/α,β-unsaturated/α-hetero) is 1. The lowest BCUT2D eigenvalue weighted by atomic mass is 9.78. The highest BCUT2D eigenvalue weighted by molar-refractivity contribution is 8.23. The molecule has 0 radical (unpaired) electrons. The highest BCUT2D eigenvalue weighted by atomic mass is 32.2. The molecule has 0 spiro atoms. The van der Waals surface area contributed by atoms with E-state index in [9.17, 15) is 4.79 Å². The molecule has 0 bridgehead atoms. The highest BCUT2D eigenvalue weighted by Gasteiger charge is 2.25. The van der Waals surface area contributed by atoms with E-state index in [2.05, 4.69) is 11.0 Å². The van der Waals surface area contributed by atoms with Crippen LogP contribution in [-0.2, 0) is 25.7 Å². The molecule has 1 aliphatic heterocycles. The van der Waals surface area contributed by atoms with Gasteiger partial charge in [-0.1, -0.05) is 24.0 Å². The molecule has 2 nitrogen and oxygen atoms in total. The van der Waals surface area contributed by atoms with Gasteiger partial charge in [-0.2, -0.15) is 0 Å². The van der Waals surface area contributed by atoms with Crippen molar-refractivity contribution in [2.75, 3.05) is 18.8 Å². The number of fused-ring (bicyclic) bond motifs is 3. The molecule has 2 aliphatic carbocycles. The van der Waals surface area contributed by atoms with Gasteiger partial charge in [0.25, 0.3) is 0 Å². The predicted molar refractivity (Wildman–Crippen MR) is 110 cm³/mol. The van der Waals surface area contributed by atoms with E-state index in [0.717, 1.165) is 35.8 Å². The molecule has 3 aliphatic rings. The van der Waals surface area contributed by atoms with Crippen LogP contribution in [0.2, 0.25) is 0 Å². The molecule has 0 unspecified atom stereocenters. The first-order chi connectivity index (χ1) is 12.2. The molecule has 25 heavy (non-hydrogen) atoms. The molecule has 1 fully saturated rings. The number of hydrogen-bond donors (Lipinski definition) is 0. The summed E-state index contributed by atoms with van der Waals surface area (Å²) in [5.74, 6) is 0.790. The first-order valence-corrected chi connectivity index (χ1v) is 11.2. The zero-order chi connectivity index (χ0) is 17.2. The molecular weight excluding hydrogens is 346 g/mol. The average Bonchev–Trinajstić information content (AvgIpc) is 3.20. The van der Waals surface area contributed by atoms with Gasteiger partial charge in [-0.15, -0.1) is 0 Å². The second kappa shape index (κ2) is 7.79. The molecule has 1 aromatic rings. The molecule has 1 saturated heterocycles. The van der Waals surface area contributed by atoms with Gasteiger partial charge in [0.15, 0.2) is 5.78 Å². The maximum absolute atomic E-state index is 13.0. The lowest BCUT2D eigenvalue weighted by molar-refractivity contribution is 0.102. The summed E-state index contributed by atoms with van der Waals surface area (Å²) in [6.07, 6.45) is 12.2. The van der Waals surface area contributed by atoms with Crippen LogP contribution in [0.3, 0.4) is 0 Å². The topological polar surface area (TPSA) is 20.3 Å². The van der Waals surface area contributed by atoms with E-state index < -0.39 is 0 Å². The second-order valence-electron chi connectivity index (χ2n) is 7.61. The summed E-state index contributed by atoms with van der Waals surface area (Å²) in [6, 6.07) is 2.25. The Morgan fingerprint density at radius 2 is 1.56 bits per heavy atom. The van der Waals surface area contributed by atoms with E-state index in [1.54, 1.807) is 22.9 Å². The van der Waals surface area contributed by atoms with Gasteiger partial charge in [-0.05, 0) is 92.5 Å². The summed E-state index contributed by atoms with van der Waals surface area (Å²) in [6.45, 7) is 2.13. The normalized spacial score (nSPS) is 19.4. The van der Waals surface area contributed by atoms with Crippen molar-refractivity contribution in [3.05, 3.63) is 33.9 Å². The minimum Gasteiger partial charge on any atom is -0.358 e. The van der Waals surface area contributed by atoms with Crippen LogP contribution in [-0.4, -0.2) is 33.8 Å². The Hall–Kier alpha value is -0.870. The molecular formula is C21H27NOS2. The van der Waals surface area contributed by atoms with Crippen molar-refractivity contribution in [2.45, 2.75) is 64.2 Å². The third-order valence-corrected chi connectivity index (χ3v) is 7.50. The van der Waals surface area contributed by atoms with Crippen molar-refractivity contribution in [3.8, 4) is 0 Å². The van der Waals surface area contributed by atoms with Crippen LogP contribution in [0.1, 0.15) is 71.1 Å². The van der Waals surface area contributed by atoms with Gasteiger partial charge in [0, 0.05) is 18.7 Å². The van der Waals surface area contributed by atoms with Crippen molar-refractivity contribution < 1.29 is 4.79 Å². The monoisotopic (exact) mass is 373 g/mol. The number of nitrogens with zero attached hydrogens (tertiary/aromatic N) is 1. The van der Waals surface area contributed by atoms with Crippen LogP contribution in [0.25, 0.3) is 0 Å². The maximum Gasteiger partial charge on any atom is 0.173 e. The number of benzene rings is 1. The smallest absolute Gasteiger partial charge is 0.173 e. The highest BCUT2D eigenvalue weighted by Crippen LogP contribution is 2.35. The Morgan fingerprint density at radius 3 is 2.32 bits per heavy atom. The van der Waals surface area contributed by atoms with Gasteiger partial charge >= 0.3 is 0 Å². The standard InChI is InChI=1S/C21H27NOS2/c23-20(14-25-21(24)22-11-5-6-12-22)19-13-15-7-1-2-8-16(15)17-9-3-4-10-18(17)19/h13H,1-12,14H2. The van der Waals surface area contributed by atoms with Gasteiger partial charge in [0.1, 0.15) is 4.32 Å². The third-order valence-electron chi connectivity index (χ3n) is 5.98. The summed E-state index contributed by atoms with van der Waals surface area (Å²) < 4.78 is 0.915. The van der Waals surface area contributed by atoms with E-state index in [0.29, 0.717) is 5.75 Å². The number of carbonyl (C=O) groups excluding carboxylic acids is 1. The van der Waals surface area contributed by atoms with Crippen LogP contribution < -0.4 is 0 Å². The van der Waals surface area contributed by atoms with Crippen molar-refractivity contribution in [1.29, 1.82) is 0 Å².